The molecule has 5 nitrogen and oxygen atoms in total. The molecule has 0 radical (unpaired) electrons. The molecule has 0 aromatic rings. The fourth-order valence-electron chi connectivity index (χ4n) is 3.10. The highest BCUT2D eigenvalue weighted by molar-refractivity contribution is 5.89. The predicted octanol–water partition coefficient (Wildman–Crippen LogP) is 2.71. The van der Waals surface area contributed by atoms with Crippen LogP contribution in [-0.4, -0.2) is 35.5 Å². The largest absolute Gasteiger partial charge is 0.342 e. The van der Waals surface area contributed by atoms with Crippen molar-refractivity contribution in [1.29, 1.82) is 0 Å². The Morgan fingerprint density at radius 1 is 1.18 bits per heavy atom. The Hall–Kier alpha value is -1.39. The van der Waals surface area contributed by atoms with E-state index in [1.54, 1.807) is 0 Å². The molecule has 1 heterocycles. The van der Waals surface area contributed by atoms with Crippen LogP contribution in [0, 0.1) is 11.3 Å². The van der Waals surface area contributed by atoms with Crippen molar-refractivity contribution >= 4 is 17.5 Å². The highest BCUT2D eigenvalue weighted by Gasteiger charge is 2.25. The molecule has 0 unspecified atom stereocenters. The Kier molecular flexibility index (Phi) is 5.59. The van der Waals surface area contributed by atoms with E-state index in [9.17, 15) is 9.59 Å². The highest BCUT2D eigenvalue weighted by Crippen LogP contribution is 2.24. The standard InChI is InChI=1S/C17H29N3O2/c1-17(2,3)12-15(21)20-10-8-14(9-11-20)18-19-16(22)13-6-4-5-7-13/h13H,4-12H2,1-3H3,(H,19,22). The first kappa shape index (κ1) is 17.0. The first-order chi connectivity index (χ1) is 10.3. The minimum Gasteiger partial charge on any atom is -0.342 e. The second kappa shape index (κ2) is 7.25. The molecule has 2 aliphatic rings. The number of rotatable bonds is 3. The van der Waals surface area contributed by atoms with E-state index in [2.05, 4.69) is 31.3 Å². The lowest BCUT2D eigenvalue weighted by Gasteiger charge is -2.30. The molecular formula is C17H29N3O2. The summed E-state index contributed by atoms with van der Waals surface area (Å²) in [6, 6.07) is 0. The van der Waals surface area contributed by atoms with E-state index in [0.29, 0.717) is 19.5 Å². The SMILES string of the molecule is CC(C)(C)CC(=O)N1CCC(=NNC(=O)C2CCCC2)CC1. The van der Waals surface area contributed by atoms with E-state index in [0.717, 1.165) is 44.2 Å². The van der Waals surface area contributed by atoms with Gasteiger partial charge < -0.3 is 4.90 Å². The van der Waals surface area contributed by atoms with Gasteiger partial charge in [0, 0.05) is 44.0 Å². The van der Waals surface area contributed by atoms with E-state index in [1.807, 2.05) is 4.90 Å². The normalized spacial score (nSPS) is 20.1. The Balaban J connectivity index is 1.75. The van der Waals surface area contributed by atoms with Crippen molar-refractivity contribution in [1.82, 2.24) is 10.3 Å². The van der Waals surface area contributed by atoms with Crippen molar-refractivity contribution in [2.45, 2.75) is 65.7 Å². The van der Waals surface area contributed by atoms with E-state index >= 15 is 0 Å². The smallest absolute Gasteiger partial charge is 0.243 e. The summed E-state index contributed by atoms with van der Waals surface area (Å²) < 4.78 is 0. The number of hydrazone groups is 1. The summed E-state index contributed by atoms with van der Waals surface area (Å²) >= 11 is 0. The molecule has 0 bridgehead atoms. The number of carbonyl (C=O) groups is 2. The maximum Gasteiger partial charge on any atom is 0.243 e. The topological polar surface area (TPSA) is 61.8 Å². The zero-order valence-electron chi connectivity index (χ0n) is 14.2. The third-order valence-electron chi connectivity index (χ3n) is 4.43. The van der Waals surface area contributed by atoms with Crippen LogP contribution in [0.15, 0.2) is 5.10 Å². The Bertz CT molecular complexity index is 435. The average Bonchev–Trinajstić information content (AvgIpc) is 2.97. The quantitative estimate of drug-likeness (QED) is 0.815. The molecule has 2 rings (SSSR count). The lowest BCUT2D eigenvalue weighted by atomic mass is 9.91. The molecular weight excluding hydrogens is 278 g/mol. The molecule has 2 fully saturated rings. The summed E-state index contributed by atoms with van der Waals surface area (Å²) in [5.41, 5.74) is 3.76. The van der Waals surface area contributed by atoms with E-state index in [-0.39, 0.29) is 23.1 Å². The first-order valence-electron chi connectivity index (χ1n) is 8.48. The second-order valence-corrected chi connectivity index (χ2v) is 7.75. The Morgan fingerprint density at radius 3 is 2.32 bits per heavy atom. The van der Waals surface area contributed by atoms with Gasteiger partial charge in [0.15, 0.2) is 0 Å². The molecule has 0 atom stereocenters. The summed E-state index contributed by atoms with van der Waals surface area (Å²) in [6.45, 7) is 7.68. The maximum atomic E-state index is 12.2. The van der Waals surface area contributed by atoms with Gasteiger partial charge in [-0.25, -0.2) is 5.43 Å². The van der Waals surface area contributed by atoms with Gasteiger partial charge >= 0.3 is 0 Å². The molecule has 1 saturated heterocycles. The number of amides is 2. The van der Waals surface area contributed by atoms with Crippen LogP contribution in [0.2, 0.25) is 0 Å². The number of nitrogens with zero attached hydrogens (tertiary/aromatic N) is 2. The minimum absolute atomic E-state index is 0.0285. The van der Waals surface area contributed by atoms with Crippen molar-refractivity contribution in [3.8, 4) is 0 Å². The summed E-state index contributed by atoms with van der Waals surface area (Å²) in [7, 11) is 0. The monoisotopic (exact) mass is 307 g/mol. The molecule has 5 heteroatoms. The van der Waals surface area contributed by atoms with Crippen LogP contribution in [-0.2, 0) is 9.59 Å². The molecule has 1 aliphatic heterocycles. The fourth-order valence-corrected chi connectivity index (χ4v) is 3.10. The van der Waals surface area contributed by atoms with E-state index in [4.69, 9.17) is 0 Å². The van der Waals surface area contributed by atoms with Gasteiger partial charge in [0.1, 0.15) is 0 Å². The predicted molar refractivity (Wildman–Crippen MR) is 87.4 cm³/mol. The number of piperidine rings is 1. The lowest BCUT2D eigenvalue weighted by Crippen LogP contribution is -2.40. The van der Waals surface area contributed by atoms with Crippen LogP contribution >= 0.6 is 0 Å². The molecule has 0 aromatic carbocycles. The van der Waals surface area contributed by atoms with Crippen LogP contribution in [0.3, 0.4) is 0 Å². The van der Waals surface area contributed by atoms with Crippen molar-refractivity contribution < 1.29 is 9.59 Å². The van der Waals surface area contributed by atoms with Crippen LogP contribution < -0.4 is 5.43 Å². The van der Waals surface area contributed by atoms with Crippen molar-refractivity contribution in [3.63, 3.8) is 0 Å². The molecule has 1 saturated carbocycles. The second-order valence-electron chi connectivity index (χ2n) is 7.75. The van der Waals surface area contributed by atoms with Gasteiger partial charge in [0.25, 0.3) is 0 Å². The number of hydrogen-bond donors (Lipinski definition) is 1. The fraction of sp³-hybridized carbons (Fsp3) is 0.824. The average molecular weight is 307 g/mol. The lowest BCUT2D eigenvalue weighted by molar-refractivity contribution is -0.133. The van der Waals surface area contributed by atoms with Gasteiger partial charge in [-0.1, -0.05) is 33.6 Å². The van der Waals surface area contributed by atoms with Crippen molar-refractivity contribution in [2.24, 2.45) is 16.4 Å². The first-order valence-corrected chi connectivity index (χ1v) is 8.48. The third-order valence-corrected chi connectivity index (χ3v) is 4.43. The Labute approximate surface area is 133 Å². The third kappa shape index (κ3) is 5.11. The van der Waals surface area contributed by atoms with Gasteiger partial charge in [-0.3, -0.25) is 9.59 Å². The highest BCUT2D eigenvalue weighted by atomic mass is 16.2. The summed E-state index contributed by atoms with van der Waals surface area (Å²) in [4.78, 5) is 26.0. The maximum absolute atomic E-state index is 12.2. The van der Waals surface area contributed by atoms with Crippen LogP contribution in [0.4, 0.5) is 0 Å². The van der Waals surface area contributed by atoms with Gasteiger partial charge in [0.2, 0.25) is 11.8 Å². The molecule has 2 amide bonds. The Morgan fingerprint density at radius 2 is 1.77 bits per heavy atom. The van der Waals surface area contributed by atoms with Gasteiger partial charge in [-0.2, -0.15) is 5.10 Å². The van der Waals surface area contributed by atoms with Gasteiger partial charge in [-0.15, -0.1) is 0 Å². The van der Waals surface area contributed by atoms with Crippen LogP contribution in [0.5, 0.6) is 0 Å². The number of likely N-dealkylation sites (tertiary alicyclic amines) is 1. The molecule has 1 N–H and O–H groups in total. The molecule has 22 heavy (non-hydrogen) atoms. The molecule has 124 valence electrons. The molecule has 1 aliphatic carbocycles. The van der Waals surface area contributed by atoms with Gasteiger partial charge in [-0.05, 0) is 18.3 Å². The molecule has 0 aromatic heterocycles. The molecule has 0 spiro atoms. The summed E-state index contributed by atoms with van der Waals surface area (Å²) in [6.07, 6.45) is 6.40. The van der Waals surface area contributed by atoms with E-state index in [1.165, 1.54) is 0 Å². The van der Waals surface area contributed by atoms with Gasteiger partial charge in [0.05, 0.1) is 0 Å². The van der Waals surface area contributed by atoms with Crippen LogP contribution in [0.1, 0.15) is 65.7 Å². The number of nitrogens with one attached hydrogen (secondary N) is 1. The summed E-state index contributed by atoms with van der Waals surface area (Å²) in [5.74, 6) is 0.440. The zero-order valence-corrected chi connectivity index (χ0v) is 14.2. The summed E-state index contributed by atoms with van der Waals surface area (Å²) in [5, 5.41) is 4.28. The van der Waals surface area contributed by atoms with Crippen molar-refractivity contribution in [2.75, 3.05) is 13.1 Å². The van der Waals surface area contributed by atoms with Crippen molar-refractivity contribution in [3.05, 3.63) is 0 Å². The number of carbonyl (C=O) groups excluding carboxylic acids is 2. The minimum atomic E-state index is 0.0285. The number of hydrogen-bond acceptors (Lipinski definition) is 3. The zero-order chi connectivity index (χ0) is 16.2. The van der Waals surface area contributed by atoms with E-state index < -0.39 is 0 Å². The van der Waals surface area contributed by atoms with Crippen LogP contribution in [0.25, 0.3) is 0 Å².